The zero-order chi connectivity index (χ0) is 14.2. The van der Waals surface area contributed by atoms with Crippen molar-refractivity contribution < 1.29 is 4.42 Å². The van der Waals surface area contributed by atoms with Gasteiger partial charge >= 0.3 is 0 Å². The molecule has 0 unspecified atom stereocenters. The Morgan fingerprint density at radius 3 is 2.75 bits per heavy atom. The van der Waals surface area contributed by atoms with Crippen molar-refractivity contribution in [3.63, 3.8) is 0 Å². The highest BCUT2D eigenvalue weighted by Crippen LogP contribution is 2.28. The van der Waals surface area contributed by atoms with Crippen LogP contribution < -0.4 is 0 Å². The third kappa shape index (κ3) is 5.24. The van der Waals surface area contributed by atoms with Gasteiger partial charge in [-0.3, -0.25) is 0 Å². The molecule has 0 aliphatic carbocycles. The molecular weight excluding hydrogens is 332 g/mol. The number of nitrogens with zero attached hydrogens (tertiary/aromatic N) is 2. The van der Waals surface area contributed by atoms with Crippen LogP contribution in [0.1, 0.15) is 12.3 Å². The lowest BCUT2D eigenvalue weighted by Crippen LogP contribution is -1.85. The molecule has 0 saturated heterocycles. The van der Waals surface area contributed by atoms with Crippen LogP contribution in [0, 0.1) is 0 Å². The Bertz CT molecular complexity index is 536. The monoisotopic (exact) mass is 346 g/mol. The van der Waals surface area contributed by atoms with Crippen molar-refractivity contribution in [3.05, 3.63) is 35.2 Å². The van der Waals surface area contributed by atoms with Gasteiger partial charge in [0.25, 0.3) is 5.22 Å². The number of hydrogen-bond acceptors (Lipinski definition) is 6. The van der Waals surface area contributed by atoms with E-state index < -0.39 is 0 Å². The smallest absolute Gasteiger partial charge is 0.276 e. The SMILES string of the molecule is CSCc1nnc(SCCCSc2ccccc2Cl)o1. The fraction of sp³-hybridized carbons (Fsp3) is 0.385. The van der Waals surface area contributed by atoms with Crippen LogP contribution in [0.3, 0.4) is 0 Å². The van der Waals surface area contributed by atoms with E-state index in [9.17, 15) is 0 Å². The minimum Gasteiger partial charge on any atom is -0.415 e. The van der Waals surface area contributed by atoms with Crippen molar-refractivity contribution in [2.75, 3.05) is 17.8 Å². The fourth-order valence-electron chi connectivity index (χ4n) is 1.44. The third-order valence-electron chi connectivity index (χ3n) is 2.32. The van der Waals surface area contributed by atoms with E-state index in [0.29, 0.717) is 11.1 Å². The number of halogens is 1. The molecule has 0 aliphatic rings. The molecule has 0 atom stereocenters. The first-order chi connectivity index (χ1) is 9.79. The van der Waals surface area contributed by atoms with Crippen LogP contribution in [0.2, 0.25) is 5.02 Å². The molecule has 0 fully saturated rings. The van der Waals surface area contributed by atoms with E-state index in [-0.39, 0.29) is 0 Å². The maximum absolute atomic E-state index is 6.10. The Morgan fingerprint density at radius 2 is 1.95 bits per heavy atom. The molecule has 1 aromatic carbocycles. The summed E-state index contributed by atoms with van der Waals surface area (Å²) in [6.45, 7) is 0. The van der Waals surface area contributed by atoms with Gasteiger partial charge < -0.3 is 4.42 Å². The van der Waals surface area contributed by atoms with Crippen molar-refractivity contribution in [2.45, 2.75) is 22.3 Å². The van der Waals surface area contributed by atoms with E-state index in [1.807, 2.05) is 30.5 Å². The van der Waals surface area contributed by atoms with Gasteiger partial charge in [-0.05, 0) is 30.6 Å². The number of hydrogen-bond donors (Lipinski definition) is 0. The second kappa shape index (κ2) is 8.87. The summed E-state index contributed by atoms with van der Waals surface area (Å²) in [6.07, 6.45) is 3.09. The molecule has 2 aromatic rings. The van der Waals surface area contributed by atoms with Crippen LogP contribution in [0.5, 0.6) is 0 Å². The van der Waals surface area contributed by atoms with Gasteiger partial charge in [-0.25, -0.2) is 0 Å². The molecule has 108 valence electrons. The van der Waals surface area contributed by atoms with Crippen LogP contribution in [0.4, 0.5) is 0 Å². The average Bonchev–Trinajstić information content (AvgIpc) is 2.88. The number of benzene rings is 1. The van der Waals surface area contributed by atoms with E-state index >= 15 is 0 Å². The van der Waals surface area contributed by atoms with E-state index in [2.05, 4.69) is 10.2 Å². The normalized spacial score (nSPS) is 10.9. The van der Waals surface area contributed by atoms with E-state index in [0.717, 1.165) is 33.6 Å². The largest absolute Gasteiger partial charge is 0.415 e. The maximum Gasteiger partial charge on any atom is 0.276 e. The van der Waals surface area contributed by atoms with Crippen LogP contribution in [0.15, 0.2) is 38.8 Å². The summed E-state index contributed by atoms with van der Waals surface area (Å²) < 4.78 is 5.50. The molecule has 0 saturated carbocycles. The lowest BCUT2D eigenvalue weighted by atomic mass is 10.4. The molecular formula is C13H15ClN2OS3. The van der Waals surface area contributed by atoms with Crippen LogP contribution in [-0.4, -0.2) is 28.0 Å². The van der Waals surface area contributed by atoms with Crippen molar-refractivity contribution in [1.29, 1.82) is 0 Å². The molecule has 0 aliphatic heterocycles. The number of thioether (sulfide) groups is 3. The van der Waals surface area contributed by atoms with Crippen molar-refractivity contribution in [2.24, 2.45) is 0 Å². The Kier molecular flexibility index (Phi) is 7.13. The summed E-state index contributed by atoms with van der Waals surface area (Å²) in [7, 11) is 0. The van der Waals surface area contributed by atoms with Gasteiger partial charge in [0.05, 0.1) is 10.8 Å². The first kappa shape index (κ1) is 16.1. The van der Waals surface area contributed by atoms with Crippen molar-refractivity contribution in [3.8, 4) is 0 Å². The first-order valence-corrected chi connectivity index (χ1v) is 9.85. The lowest BCUT2D eigenvalue weighted by Gasteiger charge is -2.02. The molecule has 1 aromatic heterocycles. The average molecular weight is 347 g/mol. The van der Waals surface area contributed by atoms with Crippen LogP contribution >= 0.6 is 46.9 Å². The molecule has 0 radical (unpaired) electrons. The number of aromatic nitrogens is 2. The molecule has 0 bridgehead atoms. The van der Waals surface area contributed by atoms with Gasteiger partial charge in [0, 0.05) is 10.6 Å². The number of rotatable bonds is 8. The predicted molar refractivity (Wildman–Crippen MR) is 89.0 cm³/mol. The minimum atomic E-state index is 0.664. The van der Waals surface area contributed by atoms with E-state index in [1.54, 1.807) is 35.3 Å². The fourth-order valence-corrected chi connectivity index (χ4v) is 3.89. The second-order valence-electron chi connectivity index (χ2n) is 3.88. The van der Waals surface area contributed by atoms with Gasteiger partial charge in [-0.2, -0.15) is 11.8 Å². The summed E-state index contributed by atoms with van der Waals surface area (Å²) in [5.41, 5.74) is 0. The topological polar surface area (TPSA) is 38.9 Å². The summed E-state index contributed by atoms with van der Waals surface area (Å²) in [5.74, 6) is 3.47. The zero-order valence-electron chi connectivity index (χ0n) is 11.0. The molecule has 0 N–H and O–H groups in total. The second-order valence-corrected chi connectivity index (χ2v) is 7.33. The lowest BCUT2D eigenvalue weighted by molar-refractivity contribution is 0.426. The highest BCUT2D eigenvalue weighted by Gasteiger charge is 2.06. The van der Waals surface area contributed by atoms with Crippen LogP contribution in [-0.2, 0) is 5.75 Å². The zero-order valence-corrected chi connectivity index (χ0v) is 14.2. The Balaban J connectivity index is 1.65. The molecule has 20 heavy (non-hydrogen) atoms. The molecule has 0 amide bonds. The summed E-state index contributed by atoms with van der Waals surface area (Å²) >= 11 is 11.2. The molecule has 7 heteroatoms. The maximum atomic E-state index is 6.10. The van der Waals surface area contributed by atoms with Gasteiger partial charge in [0.1, 0.15) is 0 Å². The molecule has 2 rings (SSSR count). The third-order valence-corrected chi connectivity index (χ3v) is 5.37. The summed E-state index contributed by atoms with van der Waals surface area (Å²) in [6, 6.07) is 7.93. The Morgan fingerprint density at radius 1 is 1.15 bits per heavy atom. The van der Waals surface area contributed by atoms with Gasteiger partial charge in [0.15, 0.2) is 0 Å². The first-order valence-electron chi connectivity index (χ1n) is 6.11. The minimum absolute atomic E-state index is 0.664. The summed E-state index contributed by atoms with van der Waals surface area (Å²) in [4.78, 5) is 1.14. The van der Waals surface area contributed by atoms with Crippen LogP contribution in [0.25, 0.3) is 0 Å². The van der Waals surface area contributed by atoms with Crippen molar-refractivity contribution >= 4 is 46.9 Å². The Labute approximate surface area is 136 Å². The molecule has 0 spiro atoms. The van der Waals surface area contributed by atoms with Gasteiger partial charge in [-0.1, -0.05) is 35.5 Å². The summed E-state index contributed by atoms with van der Waals surface area (Å²) in [5, 5.41) is 9.48. The van der Waals surface area contributed by atoms with Gasteiger partial charge in [-0.15, -0.1) is 22.0 Å². The molecule has 1 heterocycles. The standard InChI is InChI=1S/C13H15ClN2OS3/c1-18-9-12-15-16-13(17-12)20-8-4-7-19-11-6-3-2-5-10(11)14/h2-3,5-6H,4,7-9H2,1H3. The Hall–Kier alpha value is -0.300. The van der Waals surface area contributed by atoms with Crippen molar-refractivity contribution in [1.82, 2.24) is 10.2 Å². The van der Waals surface area contributed by atoms with E-state index in [1.165, 1.54) is 0 Å². The van der Waals surface area contributed by atoms with Gasteiger partial charge in [0.2, 0.25) is 5.89 Å². The van der Waals surface area contributed by atoms with E-state index in [4.69, 9.17) is 16.0 Å². The highest BCUT2D eigenvalue weighted by atomic mass is 35.5. The quantitative estimate of drug-likeness (QED) is 0.502. The highest BCUT2D eigenvalue weighted by molar-refractivity contribution is 8.00. The molecule has 3 nitrogen and oxygen atoms in total. The predicted octanol–water partition coefficient (Wildman–Crippen LogP) is 4.86.